The summed E-state index contributed by atoms with van der Waals surface area (Å²) in [6.07, 6.45) is -3.42. The molecule has 0 spiro atoms. The van der Waals surface area contributed by atoms with E-state index in [-0.39, 0.29) is 10.9 Å². The van der Waals surface area contributed by atoms with Gasteiger partial charge in [0.2, 0.25) is 0 Å². The average Bonchev–Trinajstić information content (AvgIpc) is 3.02. The van der Waals surface area contributed by atoms with Crippen molar-refractivity contribution in [3.63, 3.8) is 0 Å². The normalized spacial score (nSPS) is 11.6. The highest BCUT2D eigenvalue weighted by Gasteiger charge is 2.32. The molecule has 0 aliphatic heterocycles. The highest BCUT2D eigenvalue weighted by atomic mass is 32.2. The van der Waals surface area contributed by atoms with Gasteiger partial charge in [-0.1, -0.05) is 35.1 Å². The highest BCUT2D eigenvalue weighted by molar-refractivity contribution is 7.98. The minimum atomic E-state index is -4.50. The molecule has 2 heterocycles. The Morgan fingerprint density at radius 1 is 1.04 bits per heavy atom. The molecule has 0 saturated carbocycles. The molecular weight excluding hydrogens is 329 g/mol. The predicted molar refractivity (Wildman–Crippen MR) is 76.3 cm³/mol. The van der Waals surface area contributed by atoms with E-state index in [1.54, 1.807) is 0 Å². The summed E-state index contributed by atoms with van der Waals surface area (Å²) >= 11 is 1.01. The molecule has 0 aliphatic rings. The first-order valence-electron chi connectivity index (χ1n) is 6.43. The molecule has 0 radical (unpaired) electrons. The smallest absolute Gasteiger partial charge is 0.334 e. The van der Waals surface area contributed by atoms with Crippen LogP contribution in [0.5, 0.6) is 0 Å². The van der Waals surface area contributed by atoms with Crippen molar-refractivity contribution in [2.45, 2.75) is 17.1 Å². The van der Waals surface area contributed by atoms with E-state index in [0.717, 1.165) is 29.6 Å². The minimum Gasteiger partial charge on any atom is -0.334 e. The molecule has 5 nitrogen and oxygen atoms in total. The third-order valence-electron chi connectivity index (χ3n) is 2.74. The van der Waals surface area contributed by atoms with Crippen molar-refractivity contribution in [3.05, 3.63) is 54.1 Å². The minimum absolute atomic E-state index is 0.00545. The zero-order valence-corrected chi connectivity index (χ0v) is 12.3. The van der Waals surface area contributed by atoms with Crippen LogP contribution in [0, 0.1) is 0 Å². The van der Waals surface area contributed by atoms with E-state index in [1.165, 1.54) is 0 Å². The van der Waals surface area contributed by atoms with Gasteiger partial charge in [-0.3, -0.25) is 0 Å². The lowest BCUT2D eigenvalue weighted by atomic mass is 10.2. The summed E-state index contributed by atoms with van der Waals surface area (Å²) in [5.41, 5.74) is -0.209. The van der Waals surface area contributed by atoms with E-state index in [0.29, 0.717) is 11.7 Å². The quantitative estimate of drug-likeness (QED) is 0.532. The van der Waals surface area contributed by atoms with Gasteiger partial charge in [0.15, 0.2) is 11.0 Å². The third kappa shape index (κ3) is 3.86. The third-order valence-corrected chi connectivity index (χ3v) is 3.60. The van der Waals surface area contributed by atoms with Gasteiger partial charge in [-0.2, -0.15) is 18.2 Å². The number of aromatic nitrogens is 4. The van der Waals surface area contributed by atoms with Gasteiger partial charge in [0, 0.05) is 11.8 Å². The highest BCUT2D eigenvalue weighted by Crippen LogP contribution is 2.29. The van der Waals surface area contributed by atoms with Gasteiger partial charge in [-0.05, 0) is 18.2 Å². The van der Waals surface area contributed by atoms with Crippen LogP contribution >= 0.6 is 11.8 Å². The Morgan fingerprint density at radius 3 is 2.57 bits per heavy atom. The van der Waals surface area contributed by atoms with Crippen molar-refractivity contribution in [1.29, 1.82) is 0 Å². The number of thioether (sulfide) groups is 1. The van der Waals surface area contributed by atoms with E-state index in [1.807, 2.05) is 30.3 Å². The Labute approximate surface area is 133 Å². The first-order valence-corrected chi connectivity index (χ1v) is 7.42. The fourth-order valence-corrected chi connectivity index (χ4v) is 2.38. The molecule has 118 valence electrons. The number of hydrogen-bond acceptors (Lipinski definition) is 6. The van der Waals surface area contributed by atoms with E-state index in [9.17, 15) is 13.2 Å². The van der Waals surface area contributed by atoms with Crippen molar-refractivity contribution in [2.75, 3.05) is 0 Å². The maximum absolute atomic E-state index is 12.6. The van der Waals surface area contributed by atoms with Crippen LogP contribution < -0.4 is 0 Å². The van der Waals surface area contributed by atoms with Crippen molar-refractivity contribution in [3.8, 4) is 11.5 Å². The topological polar surface area (TPSA) is 64.7 Å². The van der Waals surface area contributed by atoms with Crippen molar-refractivity contribution in [2.24, 2.45) is 0 Å². The van der Waals surface area contributed by atoms with Crippen LogP contribution in [-0.2, 0) is 11.9 Å². The predicted octanol–water partition coefficient (Wildman–Crippen LogP) is 3.84. The summed E-state index contributed by atoms with van der Waals surface area (Å²) in [6.45, 7) is 0. The van der Waals surface area contributed by atoms with Gasteiger partial charge in [0.05, 0.1) is 5.75 Å². The Kier molecular flexibility index (Phi) is 4.28. The fraction of sp³-hybridized carbons (Fsp3) is 0.143. The van der Waals surface area contributed by atoms with E-state index >= 15 is 0 Å². The van der Waals surface area contributed by atoms with Crippen molar-refractivity contribution < 1.29 is 17.7 Å². The number of hydrogen-bond donors (Lipinski definition) is 0. The lowest BCUT2D eigenvalue weighted by molar-refractivity contribution is -0.141. The molecule has 1 aromatic carbocycles. The summed E-state index contributed by atoms with van der Waals surface area (Å²) in [5.74, 6) is 0.915. The van der Waals surface area contributed by atoms with E-state index in [4.69, 9.17) is 4.52 Å². The van der Waals surface area contributed by atoms with Crippen LogP contribution in [0.15, 0.2) is 52.3 Å². The summed E-state index contributed by atoms with van der Waals surface area (Å²) in [7, 11) is 0. The van der Waals surface area contributed by atoms with Gasteiger partial charge >= 0.3 is 6.18 Å². The SMILES string of the molecule is FC(F)(F)c1ccnc(SCc2noc(-c3ccccc3)n2)n1. The molecule has 0 aliphatic carbocycles. The molecule has 3 rings (SSSR count). The maximum Gasteiger partial charge on any atom is 0.433 e. The maximum atomic E-state index is 12.6. The molecule has 3 aromatic rings. The summed E-state index contributed by atoms with van der Waals surface area (Å²) in [5, 5.41) is 3.80. The summed E-state index contributed by atoms with van der Waals surface area (Å²) < 4.78 is 42.9. The first kappa shape index (κ1) is 15.5. The molecule has 0 atom stereocenters. The van der Waals surface area contributed by atoms with Crippen molar-refractivity contribution in [1.82, 2.24) is 20.1 Å². The summed E-state index contributed by atoms with van der Waals surface area (Å²) in [4.78, 5) is 11.5. The van der Waals surface area contributed by atoms with Crippen LogP contribution in [0.25, 0.3) is 11.5 Å². The molecule has 2 aromatic heterocycles. The zero-order chi connectivity index (χ0) is 16.3. The Bertz CT molecular complexity index is 792. The standard InChI is InChI=1S/C14H9F3N4OS/c15-14(16,17)10-6-7-18-13(19-10)23-8-11-20-12(22-21-11)9-4-2-1-3-5-9/h1-7H,8H2. The number of alkyl halides is 3. The number of benzene rings is 1. The summed E-state index contributed by atoms with van der Waals surface area (Å²) in [6, 6.07) is 10.0. The molecule has 0 N–H and O–H groups in total. The average molecular weight is 338 g/mol. The van der Waals surface area contributed by atoms with Crippen LogP contribution in [0.3, 0.4) is 0 Å². The van der Waals surface area contributed by atoms with Crippen LogP contribution in [-0.4, -0.2) is 20.1 Å². The van der Waals surface area contributed by atoms with Crippen molar-refractivity contribution >= 4 is 11.8 Å². The Morgan fingerprint density at radius 2 is 1.83 bits per heavy atom. The fourth-order valence-electron chi connectivity index (χ4n) is 1.71. The molecule has 0 bridgehead atoms. The molecule has 0 fully saturated rings. The van der Waals surface area contributed by atoms with Crippen LogP contribution in [0.1, 0.15) is 11.5 Å². The molecule has 0 unspecified atom stereocenters. The lowest BCUT2D eigenvalue weighted by Crippen LogP contribution is -2.08. The lowest BCUT2D eigenvalue weighted by Gasteiger charge is -2.05. The second kappa shape index (κ2) is 6.37. The second-order valence-electron chi connectivity index (χ2n) is 4.39. The van der Waals surface area contributed by atoms with Gasteiger partial charge in [0.1, 0.15) is 5.69 Å². The molecular formula is C14H9F3N4OS. The van der Waals surface area contributed by atoms with Gasteiger partial charge in [0.25, 0.3) is 5.89 Å². The van der Waals surface area contributed by atoms with Gasteiger partial charge in [-0.15, -0.1) is 0 Å². The Balaban J connectivity index is 1.69. The first-order chi connectivity index (χ1) is 11.0. The van der Waals surface area contributed by atoms with Crippen LogP contribution in [0.4, 0.5) is 13.2 Å². The number of halogens is 3. The molecule has 9 heteroatoms. The monoisotopic (exact) mass is 338 g/mol. The molecule has 0 saturated heterocycles. The van der Waals surface area contributed by atoms with E-state index < -0.39 is 11.9 Å². The van der Waals surface area contributed by atoms with Crippen LogP contribution in [0.2, 0.25) is 0 Å². The van der Waals surface area contributed by atoms with Gasteiger partial charge < -0.3 is 4.52 Å². The van der Waals surface area contributed by atoms with Gasteiger partial charge in [-0.25, -0.2) is 9.97 Å². The zero-order valence-electron chi connectivity index (χ0n) is 11.5. The number of rotatable bonds is 4. The molecule has 0 amide bonds. The second-order valence-corrected chi connectivity index (χ2v) is 5.34. The number of nitrogens with zero attached hydrogens (tertiary/aromatic N) is 4. The Hall–Kier alpha value is -2.42. The molecule has 23 heavy (non-hydrogen) atoms. The largest absolute Gasteiger partial charge is 0.433 e. The van der Waals surface area contributed by atoms with E-state index in [2.05, 4.69) is 20.1 Å².